The van der Waals surface area contributed by atoms with Crippen LogP contribution in [0.5, 0.6) is 11.5 Å². The summed E-state index contributed by atoms with van der Waals surface area (Å²) < 4.78 is 10.6. The molecular weight excluding hydrogens is 267 g/mol. The first-order valence-electron chi connectivity index (χ1n) is 4.82. The van der Waals surface area contributed by atoms with Crippen molar-refractivity contribution in [3.63, 3.8) is 0 Å². The fourth-order valence-corrected chi connectivity index (χ4v) is 1.18. The first-order valence-corrected chi connectivity index (χ1v) is 4.82. The predicted molar refractivity (Wildman–Crippen MR) is 70.2 cm³/mol. The van der Waals surface area contributed by atoms with Crippen LogP contribution in [0.15, 0.2) is 18.2 Å². The fourth-order valence-electron chi connectivity index (χ4n) is 1.18. The summed E-state index contributed by atoms with van der Waals surface area (Å²) in [6.07, 6.45) is 0. The Morgan fingerprint density at radius 3 is 2.12 bits per heavy atom. The van der Waals surface area contributed by atoms with Crippen molar-refractivity contribution in [3.8, 4) is 11.5 Å². The number of rotatable bonds is 5. The molecule has 0 saturated carbocycles. The summed E-state index contributed by atoms with van der Waals surface area (Å²) in [7, 11) is 0. The van der Waals surface area contributed by atoms with Crippen LogP contribution in [-0.2, 0) is 0 Å². The van der Waals surface area contributed by atoms with E-state index in [-0.39, 0.29) is 30.4 Å². The topological polar surface area (TPSA) is 55.8 Å². The molecule has 0 heterocycles. The van der Waals surface area contributed by atoms with Gasteiger partial charge in [-0.05, 0) is 32.0 Å². The van der Waals surface area contributed by atoms with E-state index in [0.29, 0.717) is 24.7 Å². The van der Waals surface area contributed by atoms with Crippen molar-refractivity contribution in [3.05, 3.63) is 23.8 Å². The molecule has 1 aromatic carbocycles. The highest BCUT2D eigenvalue weighted by molar-refractivity contribution is 5.88. The van der Waals surface area contributed by atoms with Crippen LogP contribution in [0.4, 0.5) is 0 Å². The van der Waals surface area contributed by atoms with Crippen molar-refractivity contribution in [1.29, 1.82) is 0 Å². The lowest BCUT2D eigenvalue weighted by atomic mass is 10.2. The zero-order valence-electron chi connectivity index (χ0n) is 9.63. The van der Waals surface area contributed by atoms with Crippen LogP contribution in [0.1, 0.15) is 24.2 Å². The Labute approximate surface area is 113 Å². The highest BCUT2D eigenvalue weighted by Gasteiger charge is 2.09. The van der Waals surface area contributed by atoms with Crippen LogP contribution in [0.2, 0.25) is 0 Å². The van der Waals surface area contributed by atoms with Gasteiger partial charge < -0.3 is 14.6 Å². The SMILES string of the molecule is CCOc1ccc(C(=O)O)cc1OCC.Cl.Cl. The zero-order valence-corrected chi connectivity index (χ0v) is 11.3. The highest BCUT2D eigenvalue weighted by atomic mass is 35.5. The molecule has 1 N–H and O–H groups in total. The molecule has 0 fully saturated rings. The summed E-state index contributed by atoms with van der Waals surface area (Å²) >= 11 is 0. The Morgan fingerprint density at radius 1 is 1.12 bits per heavy atom. The van der Waals surface area contributed by atoms with Gasteiger partial charge in [-0.15, -0.1) is 24.8 Å². The minimum absolute atomic E-state index is 0. The molecule has 1 aromatic rings. The summed E-state index contributed by atoms with van der Waals surface area (Å²) in [5, 5.41) is 8.80. The molecule has 1 rings (SSSR count). The van der Waals surface area contributed by atoms with E-state index in [1.807, 2.05) is 13.8 Å². The van der Waals surface area contributed by atoms with Gasteiger partial charge in [-0.1, -0.05) is 0 Å². The van der Waals surface area contributed by atoms with E-state index in [0.717, 1.165) is 0 Å². The number of aromatic carboxylic acids is 1. The van der Waals surface area contributed by atoms with Crippen LogP contribution in [-0.4, -0.2) is 24.3 Å². The second-order valence-electron chi connectivity index (χ2n) is 2.83. The zero-order chi connectivity index (χ0) is 11.3. The Balaban J connectivity index is 0. The Hall–Kier alpha value is -1.13. The van der Waals surface area contributed by atoms with Crippen molar-refractivity contribution >= 4 is 30.8 Å². The Kier molecular flexibility index (Phi) is 9.61. The van der Waals surface area contributed by atoms with Crippen LogP contribution in [0.25, 0.3) is 0 Å². The van der Waals surface area contributed by atoms with E-state index in [1.54, 1.807) is 6.07 Å². The maximum absolute atomic E-state index is 10.7. The monoisotopic (exact) mass is 282 g/mol. The predicted octanol–water partition coefficient (Wildman–Crippen LogP) is 3.03. The number of carboxylic acid groups (broad SMARTS) is 1. The van der Waals surface area contributed by atoms with Gasteiger partial charge in [-0.25, -0.2) is 4.79 Å². The van der Waals surface area contributed by atoms with E-state index in [4.69, 9.17) is 14.6 Å². The van der Waals surface area contributed by atoms with Gasteiger partial charge in [0.1, 0.15) is 0 Å². The molecule has 0 saturated heterocycles. The standard InChI is InChI=1S/C11H14O4.2ClH/c1-3-14-9-6-5-8(11(12)13)7-10(9)15-4-2;;/h5-7H,3-4H2,1-2H3,(H,12,13);2*1H. The van der Waals surface area contributed by atoms with Crippen molar-refractivity contribution in [2.24, 2.45) is 0 Å². The van der Waals surface area contributed by atoms with Gasteiger partial charge >= 0.3 is 5.97 Å². The lowest BCUT2D eigenvalue weighted by molar-refractivity contribution is 0.0696. The number of hydrogen-bond donors (Lipinski definition) is 1. The summed E-state index contributed by atoms with van der Waals surface area (Å²) in [6, 6.07) is 4.57. The molecule has 0 aromatic heterocycles. The second-order valence-corrected chi connectivity index (χ2v) is 2.83. The summed E-state index contributed by atoms with van der Waals surface area (Å²) in [5.41, 5.74) is 0.196. The molecule has 98 valence electrons. The van der Waals surface area contributed by atoms with Gasteiger partial charge in [0.05, 0.1) is 18.8 Å². The summed E-state index contributed by atoms with van der Waals surface area (Å²) in [5.74, 6) is 0.0719. The third kappa shape index (κ3) is 5.15. The normalized spacial score (nSPS) is 8.59. The molecule has 0 spiro atoms. The molecule has 17 heavy (non-hydrogen) atoms. The van der Waals surface area contributed by atoms with Crippen LogP contribution < -0.4 is 9.47 Å². The lowest BCUT2D eigenvalue weighted by Gasteiger charge is -2.10. The van der Waals surface area contributed by atoms with E-state index in [1.165, 1.54) is 12.1 Å². The van der Waals surface area contributed by atoms with E-state index in [2.05, 4.69) is 0 Å². The molecule has 0 aliphatic carbocycles. The van der Waals surface area contributed by atoms with Crippen molar-refractivity contribution in [2.45, 2.75) is 13.8 Å². The maximum Gasteiger partial charge on any atom is 0.335 e. The second kappa shape index (κ2) is 8.96. The third-order valence-electron chi connectivity index (χ3n) is 1.79. The first kappa shape index (κ1) is 18.2. The number of hydrogen-bond acceptors (Lipinski definition) is 3. The minimum Gasteiger partial charge on any atom is -0.490 e. The quantitative estimate of drug-likeness (QED) is 0.902. The largest absolute Gasteiger partial charge is 0.490 e. The number of halogens is 2. The number of benzene rings is 1. The van der Waals surface area contributed by atoms with E-state index in [9.17, 15) is 4.79 Å². The average molecular weight is 283 g/mol. The molecule has 0 aliphatic heterocycles. The molecule has 0 unspecified atom stereocenters. The summed E-state index contributed by atoms with van der Waals surface area (Å²) in [6.45, 7) is 4.69. The third-order valence-corrected chi connectivity index (χ3v) is 1.79. The lowest BCUT2D eigenvalue weighted by Crippen LogP contribution is -2.01. The molecule has 0 aliphatic rings. The Morgan fingerprint density at radius 2 is 1.65 bits per heavy atom. The van der Waals surface area contributed by atoms with Crippen LogP contribution >= 0.6 is 24.8 Å². The van der Waals surface area contributed by atoms with Crippen molar-refractivity contribution < 1.29 is 19.4 Å². The number of carboxylic acids is 1. The van der Waals surface area contributed by atoms with E-state index >= 15 is 0 Å². The highest BCUT2D eigenvalue weighted by Crippen LogP contribution is 2.28. The number of carbonyl (C=O) groups is 1. The molecule has 4 nitrogen and oxygen atoms in total. The molecule has 6 heteroatoms. The molecule has 0 amide bonds. The van der Waals surface area contributed by atoms with Gasteiger partial charge in [0, 0.05) is 0 Å². The number of ether oxygens (including phenoxy) is 2. The van der Waals surface area contributed by atoms with E-state index < -0.39 is 5.97 Å². The molecule has 0 atom stereocenters. The van der Waals surface area contributed by atoms with Crippen LogP contribution in [0, 0.1) is 0 Å². The molecule has 0 bridgehead atoms. The summed E-state index contributed by atoms with van der Waals surface area (Å²) in [4.78, 5) is 10.7. The molecule has 0 radical (unpaired) electrons. The van der Waals surface area contributed by atoms with Gasteiger partial charge in [-0.2, -0.15) is 0 Å². The smallest absolute Gasteiger partial charge is 0.335 e. The first-order chi connectivity index (χ1) is 7.19. The maximum atomic E-state index is 10.7. The van der Waals surface area contributed by atoms with Gasteiger partial charge in [0.15, 0.2) is 11.5 Å². The average Bonchev–Trinajstić information content (AvgIpc) is 2.21. The Bertz CT molecular complexity index is 355. The van der Waals surface area contributed by atoms with Crippen molar-refractivity contribution in [2.75, 3.05) is 13.2 Å². The minimum atomic E-state index is -0.973. The van der Waals surface area contributed by atoms with Gasteiger partial charge in [0.2, 0.25) is 0 Å². The van der Waals surface area contributed by atoms with Crippen molar-refractivity contribution in [1.82, 2.24) is 0 Å². The fraction of sp³-hybridized carbons (Fsp3) is 0.364. The van der Waals surface area contributed by atoms with Crippen LogP contribution in [0.3, 0.4) is 0 Å². The molecular formula is C11H16Cl2O4. The van der Waals surface area contributed by atoms with Gasteiger partial charge in [0.25, 0.3) is 0 Å². The van der Waals surface area contributed by atoms with Gasteiger partial charge in [-0.3, -0.25) is 0 Å².